The topological polar surface area (TPSA) is 21.3 Å². The van der Waals surface area contributed by atoms with E-state index in [9.17, 15) is 0 Å². The molecular formula is C15H21BrClNO. The van der Waals surface area contributed by atoms with Crippen molar-refractivity contribution in [3.05, 3.63) is 28.7 Å². The van der Waals surface area contributed by atoms with E-state index in [1.54, 1.807) is 0 Å². The number of halogens is 2. The van der Waals surface area contributed by atoms with E-state index in [2.05, 4.69) is 21.2 Å². The van der Waals surface area contributed by atoms with Crippen LogP contribution >= 0.6 is 27.5 Å². The van der Waals surface area contributed by atoms with Gasteiger partial charge in [0.25, 0.3) is 0 Å². The van der Waals surface area contributed by atoms with E-state index in [1.165, 1.54) is 19.3 Å². The Kier molecular flexibility index (Phi) is 6.48. The Balaban J connectivity index is 1.59. The molecule has 106 valence electrons. The molecule has 0 bridgehead atoms. The summed E-state index contributed by atoms with van der Waals surface area (Å²) < 4.78 is 6.74. The molecule has 2 atom stereocenters. The summed E-state index contributed by atoms with van der Waals surface area (Å²) >= 11 is 9.42. The van der Waals surface area contributed by atoms with E-state index < -0.39 is 0 Å². The molecule has 0 radical (unpaired) electrons. The highest BCUT2D eigenvalue weighted by Gasteiger charge is 2.25. The Labute approximate surface area is 129 Å². The monoisotopic (exact) mass is 345 g/mol. The van der Waals surface area contributed by atoms with Crippen LogP contribution in [0.2, 0.25) is 0 Å². The summed E-state index contributed by atoms with van der Waals surface area (Å²) in [6, 6.07) is 7.94. The van der Waals surface area contributed by atoms with Gasteiger partial charge in [-0.05, 0) is 49.4 Å². The Morgan fingerprint density at radius 2 is 2.16 bits per heavy atom. The highest BCUT2D eigenvalue weighted by Crippen LogP contribution is 2.31. The number of rotatable bonds is 7. The van der Waals surface area contributed by atoms with Gasteiger partial charge in [-0.15, -0.1) is 11.6 Å². The first-order valence-corrected chi connectivity index (χ1v) is 8.27. The van der Waals surface area contributed by atoms with Gasteiger partial charge >= 0.3 is 0 Å². The molecule has 2 nitrogen and oxygen atoms in total. The first-order chi connectivity index (χ1) is 9.29. The third-order valence-electron chi connectivity index (χ3n) is 3.76. The molecule has 1 N–H and O–H groups in total. The second-order valence-corrected chi connectivity index (χ2v) is 6.34. The maximum absolute atomic E-state index is 5.98. The van der Waals surface area contributed by atoms with Crippen LogP contribution in [0.15, 0.2) is 28.7 Å². The number of hydrogen-bond acceptors (Lipinski definition) is 2. The van der Waals surface area contributed by atoms with Crippen molar-refractivity contribution in [2.45, 2.75) is 19.3 Å². The quantitative estimate of drug-likeness (QED) is 0.593. The van der Waals surface area contributed by atoms with E-state index in [0.29, 0.717) is 12.5 Å². The van der Waals surface area contributed by atoms with Crippen molar-refractivity contribution in [3.63, 3.8) is 0 Å². The summed E-state index contributed by atoms with van der Waals surface area (Å²) in [5, 5.41) is 3.48. The Hall–Kier alpha value is -0.250. The van der Waals surface area contributed by atoms with E-state index in [4.69, 9.17) is 16.3 Å². The largest absolute Gasteiger partial charge is 0.492 e. The van der Waals surface area contributed by atoms with Gasteiger partial charge in [-0.25, -0.2) is 0 Å². The lowest BCUT2D eigenvalue weighted by atomic mass is 9.98. The zero-order valence-electron chi connectivity index (χ0n) is 11.1. The Morgan fingerprint density at radius 1 is 1.32 bits per heavy atom. The predicted molar refractivity (Wildman–Crippen MR) is 84.1 cm³/mol. The molecule has 0 aromatic heterocycles. The van der Waals surface area contributed by atoms with Gasteiger partial charge in [0.1, 0.15) is 12.4 Å². The number of ether oxygens (including phenoxy) is 1. The molecule has 4 heteroatoms. The molecule has 2 rings (SSSR count). The van der Waals surface area contributed by atoms with Crippen molar-refractivity contribution in [2.24, 2.45) is 11.8 Å². The molecule has 0 spiro atoms. The third kappa shape index (κ3) is 4.97. The zero-order valence-corrected chi connectivity index (χ0v) is 13.4. The normalized spacial score (nSPS) is 22.6. The molecule has 1 fully saturated rings. The van der Waals surface area contributed by atoms with Gasteiger partial charge < -0.3 is 10.1 Å². The van der Waals surface area contributed by atoms with Crippen LogP contribution in [0.5, 0.6) is 5.75 Å². The van der Waals surface area contributed by atoms with E-state index in [-0.39, 0.29) is 0 Å². The van der Waals surface area contributed by atoms with Gasteiger partial charge in [-0.1, -0.05) is 28.4 Å². The van der Waals surface area contributed by atoms with E-state index in [0.717, 1.165) is 35.1 Å². The summed E-state index contributed by atoms with van der Waals surface area (Å²) in [5.41, 5.74) is 0. The minimum atomic E-state index is 0.703. The molecule has 1 aromatic rings. The van der Waals surface area contributed by atoms with Crippen LogP contribution in [0.25, 0.3) is 0 Å². The van der Waals surface area contributed by atoms with Crippen LogP contribution < -0.4 is 10.1 Å². The van der Waals surface area contributed by atoms with Crippen molar-refractivity contribution in [1.29, 1.82) is 0 Å². The zero-order chi connectivity index (χ0) is 13.5. The average molecular weight is 347 g/mol. The van der Waals surface area contributed by atoms with Crippen molar-refractivity contribution >= 4 is 27.5 Å². The van der Waals surface area contributed by atoms with Gasteiger partial charge in [0.05, 0.1) is 0 Å². The van der Waals surface area contributed by atoms with Crippen LogP contribution in [0, 0.1) is 11.8 Å². The summed E-state index contributed by atoms with van der Waals surface area (Å²) in [7, 11) is 0. The van der Waals surface area contributed by atoms with Gasteiger partial charge in [-0.2, -0.15) is 0 Å². The van der Waals surface area contributed by atoms with Gasteiger partial charge in [0.2, 0.25) is 0 Å². The van der Waals surface area contributed by atoms with Crippen LogP contribution in [-0.4, -0.2) is 25.6 Å². The highest BCUT2D eigenvalue weighted by atomic mass is 79.9. The van der Waals surface area contributed by atoms with Crippen molar-refractivity contribution in [1.82, 2.24) is 5.32 Å². The molecule has 0 saturated heterocycles. The predicted octanol–water partition coefficient (Wildman–Crippen LogP) is 4.07. The fraction of sp³-hybridized carbons (Fsp3) is 0.600. The molecule has 1 aliphatic carbocycles. The van der Waals surface area contributed by atoms with Crippen LogP contribution in [-0.2, 0) is 0 Å². The van der Waals surface area contributed by atoms with Gasteiger partial charge in [0, 0.05) is 16.9 Å². The fourth-order valence-electron chi connectivity index (χ4n) is 2.67. The minimum Gasteiger partial charge on any atom is -0.492 e. The van der Waals surface area contributed by atoms with Crippen molar-refractivity contribution in [2.75, 3.05) is 25.6 Å². The second-order valence-electron chi connectivity index (χ2n) is 5.12. The maximum Gasteiger partial charge on any atom is 0.120 e. The summed E-state index contributed by atoms with van der Waals surface area (Å²) in [4.78, 5) is 0. The highest BCUT2D eigenvalue weighted by molar-refractivity contribution is 9.10. The molecule has 1 aromatic carbocycles. The van der Waals surface area contributed by atoms with Gasteiger partial charge in [-0.3, -0.25) is 0 Å². The standard InChI is InChI=1S/C15H21BrClNO/c16-14-5-2-6-15(9-14)19-8-7-18-11-13-4-1-3-12(13)10-17/h2,5-6,9,12-13,18H,1,3-4,7-8,10-11H2. The molecule has 1 aliphatic rings. The Morgan fingerprint density at radius 3 is 2.95 bits per heavy atom. The van der Waals surface area contributed by atoms with Crippen LogP contribution in [0.4, 0.5) is 0 Å². The lowest BCUT2D eigenvalue weighted by Crippen LogP contribution is -2.29. The first-order valence-electron chi connectivity index (χ1n) is 6.94. The average Bonchev–Trinajstić information content (AvgIpc) is 2.86. The molecule has 19 heavy (non-hydrogen) atoms. The van der Waals surface area contributed by atoms with E-state index in [1.807, 2.05) is 24.3 Å². The minimum absolute atomic E-state index is 0.703. The second kappa shape index (κ2) is 8.13. The molecule has 0 amide bonds. The third-order valence-corrected chi connectivity index (χ3v) is 4.65. The van der Waals surface area contributed by atoms with Crippen LogP contribution in [0.1, 0.15) is 19.3 Å². The number of hydrogen-bond donors (Lipinski definition) is 1. The first kappa shape index (κ1) is 15.1. The molecule has 0 aliphatic heterocycles. The van der Waals surface area contributed by atoms with Crippen molar-refractivity contribution in [3.8, 4) is 5.75 Å². The molecule has 2 unspecified atom stereocenters. The lowest BCUT2D eigenvalue weighted by Gasteiger charge is -2.17. The fourth-order valence-corrected chi connectivity index (χ4v) is 3.46. The Bertz CT molecular complexity index is 388. The number of alkyl halides is 1. The van der Waals surface area contributed by atoms with Crippen molar-refractivity contribution < 1.29 is 4.74 Å². The lowest BCUT2D eigenvalue weighted by molar-refractivity contribution is 0.302. The summed E-state index contributed by atoms with van der Waals surface area (Å²) in [6.07, 6.45) is 3.94. The molecule has 0 heterocycles. The summed E-state index contributed by atoms with van der Waals surface area (Å²) in [5.74, 6) is 3.18. The summed E-state index contributed by atoms with van der Waals surface area (Å²) in [6.45, 7) is 2.66. The number of benzene rings is 1. The molecular weight excluding hydrogens is 326 g/mol. The van der Waals surface area contributed by atoms with Crippen LogP contribution in [0.3, 0.4) is 0 Å². The SMILES string of the molecule is ClCC1CCCC1CNCCOc1cccc(Br)c1. The smallest absolute Gasteiger partial charge is 0.120 e. The molecule has 1 saturated carbocycles. The van der Waals surface area contributed by atoms with Gasteiger partial charge in [0.15, 0.2) is 0 Å². The maximum atomic E-state index is 5.98. The van der Waals surface area contributed by atoms with E-state index >= 15 is 0 Å². The number of nitrogens with one attached hydrogen (secondary N) is 1.